The van der Waals surface area contributed by atoms with Gasteiger partial charge >= 0.3 is 6.29 Å². The summed E-state index contributed by atoms with van der Waals surface area (Å²) in [4.78, 5) is 10.7. The Kier molecular flexibility index (Phi) is 5.85. The molecule has 0 aromatic carbocycles. The molecule has 0 bridgehead atoms. The molecule has 0 amide bonds. The fourth-order valence-electron chi connectivity index (χ4n) is 1.10. The minimum Gasteiger partial charge on any atom is -0.463 e. The molecule has 3 heteroatoms. The minimum absolute atomic E-state index is 0.161. The van der Waals surface area contributed by atoms with Gasteiger partial charge in [0.15, 0.2) is 0 Å². The van der Waals surface area contributed by atoms with Crippen molar-refractivity contribution >= 4 is 12.1 Å². The van der Waals surface area contributed by atoms with E-state index < -0.39 is 0 Å². The van der Waals surface area contributed by atoms with E-state index in [9.17, 15) is 10.1 Å². The van der Waals surface area contributed by atoms with Gasteiger partial charge in [-0.3, -0.25) is 0 Å². The van der Waals surface area contributed by atoms with E-state index in [4.69, 9.17) is 0 Å². The molecule has 13 heavy (non-hydrogen) atoms. The predicted molar refractivity (Wildman–Crippen MR) is 48.9 cm³/mol. The van der Waals surface area contributed by atoms with Crippen molar-refractivity contribution in [2.45, 2.75) is 33.1 Å². The third-order valence-corrected chi connectivity index (χ3v) is 1.99. The lowest BCUT2D eigenvalue weighted by atomic mass is 9.93. The number of aldehydes is 1. The van der Waals surface area contributed by atoms with Crippen LogP contribution in [0.15, 0.2) is 12.2 Å². The number of carbonyl (C=O) groups excluding carboxylic acids is 2. The van der Waals surface area contributed by atoms with E-state index in [2.05, 4.69) is 11.2 Å². The van der Waals surface area contributed by atoms with Crippen LogP contribution < -0.4 is 5.26 Å². The molecule has 74 valence electrons. The van der Waals surface area contributed by atoms with Crippen molar-refractivity contribution in [2.24, 2.45) is 5.92 Å². The molecule has 1 atom stereocenters. The molecule has 0 saturated heterocycles. The van der Waals surface area contributed by atoms with Gasteiger partial charge in [0.05, 0.1) is 6.42 Å². The highest BCUT2D eigenvalue weighted by atomic mass is 17.1. The Balaban J connectivity index is 3.94. The van der Waals surface area contributed by atoms with Gasteiger partial charge in [0.2, 0.25) is 0 Å². The molecule has 0 spiro atoms. The molecule has 0 fully saturated rings. The zero-order valence-corrected chi connectivity index (χ0v) is 8.21. The van der Waals surface area contributed by atoms with Crippen LogP contribution >= 0.6 is 0 Å². The summed E-state index contributed by atoms with van der Waals surface area (Å²) in [5.74, 6) is 0.340. The van der Waals surface area contributed by atoms with Crippen LogP contribution in [0, 0.1) is 5.92 Å². The van der Waals surface area contributed by atoms with Crippen molar-refractivity contribution < 1.29 is 14.6 Å². The van der Waals surface area contributed by atoms with Crippen molar-refractivity contribution in [3.63, 3.8) is 0 Å². The van der Waals surface area contributed by atoms with Gasteiger partial charge in [-0.25, -0.2) is 0 Å². The maximum absolute atomic E-state index is 10.7. The third-order valence-electron chi connectivity index (χ3n) is 1.99. The van der Waals surface area contributed by atoms with E-state index >= 15 is 0 Å². The van der Waals surface area contributed by atoms with Gasteiger partial charge < -0.3 is 10.1 Å². The number of carbonyl (C=O) groups is 1. The molecule has 0 rings (SSSR count). The molecule has 0 saturated carbocycles. The van der Waals surface area contributed by atoms with Gasteiger partial charge in [0.1, 0.15) is 5.78 Å². The Labute approximate surface area is 78.7 Å². The molecule has 0 aliphatic rings. The number of allylic oxidation sites excluding steroid dienone is 1. The molecular formula is C10H16O3. The Morgan fingerprint density at radius 3 is 2.62 bits per heavy atom. The summed E-state index contributed by atoms with van der Waals surface area (Å²) in [6.07, 6.45) is 3.01. The number of ketones is 1. The van der Waals surface area contributed by atoms with Crippen molar-refractivity contribution in [3.8, 4) is 0 Å². The highest BCUT2D eigenvalue weighted by molar-refractivity contribution is 5.75. The molecule has 0 aliphatic heterocycles. The Morgan fingerprint density at radius 2 is 2.23 bits per heavy atom. The molecule has 3 nitrogen and oxygen atoms in total. The molecule has 0 N–H and O–H groups in total. The van der Waals surface area contributed by atoms with Crippen molar-refractivity contribution in [1.29, 1.82) is 0 Å². The highest BCUT2D eigenvalue weighted by Crippen LogP contribution is 2.18. The number of hydrogen-bond donors (Lipinski definition) is 0. The molecule has 0 radical (unpaired) electrons. The highest BCUT2D eigenvalue weighted by Gasteiger charge is 2.11. The maximum atomic E-state index is 10.7. The average Bonchev–Trinajstić information content (AvgIpc) is 2.03. The van der Waals surface area contributed by atoms with Crippen LogP contribution in [0.4, 0.5) is 0 Å². The zero-order valence-electron chi connectivity index (χ0n) is 8.21. The van der Waals surface area contributed by atoms with Gasteiger partial charge in [0.25, 0.3) is 0 Å². The van der Waals surface area contributed by atoms with Crippen LogP contribution in [0.1, 0.15) is 33.1 Å². The molecule has 0 heterocycles. The Bertz CT molecular complexity index is 206. The first-order chi connectivity index (χ1) is 6.07. The van der Waals surface area contributed by atoms with Crippen LogP contribution in [0.5, 0.6) is 0 Å². The maximum Gasteiger partial charge on any atom is 0.318 e. The van der Waals surface area contributed by atoms with E-state index in [1.165, 1.54) is 6.29 Å². The van der Waals surface area contributed by atoms with Gasteiger partial charge in [-0.2, -0.15) is 4.58 Å². The SMILES string of the molecule is C=C(C)C(CC=[O+][O-])CCC(C)=O. The third kappa shape index (κ3) is 6.08. The van der Waals surface area contributed by atoms with E-state index in [0.29, 0.717) is 12.8 Å². The van der Waals surface area contributed by atoms with Crippen LogP contribution in [-0.4, -0.2) is 12.1 Å². The summed E-state index contributed by atoms with van der Waals surface area (Å²) in [7, 11) is 0. The van der Waals surface area contributed by atoms with Crippen molar-refractivity contribution in [1.82, 2.24) is 0 Å². The largest absolute Gasteiger partial charge is 0.463 e. The van der Waals surface area contributed by atoms with Gasteiger partial charge in [-0.15, -0.1) is 0 Å². The number of rotatable bonds is 6. The summed E-state index contributed by atoms with van der Waals surface area (Å²) in [5.41, 5.74) is 0.981. The van der Waals surface area contributed by atoms with E-state index in [-0.39, 0.29) is 11.7 Å². The lowest BCUT2D eigenvalue weighted by Gasteiger charge is -2.10. The summed E-state index contributed by atoms with van der Waals surface area (Å²) in [6.45, 7) is 7.25. The number of hydrogen-bond acceptors (Lipinski definition) is 2. The predicted octanol–water partition coefficient (Wildman–Crippen LogP) is 0.948. The fraction of sp³-hybridized carbons (Fsp3) is 0.600. The Morgan fingerprint density at radius 1 is 1.62 bits per heavy atom. The summed E-state index contributed by atoms with van der Waals surface area (Å²) < 4.78 is 3.63. The lowest BCUT2D eigenvalue weighted by Crippen LogP contribution is -2.07. The molecule has 0 aromatic heterocycles. The fourth-order valence-corrected chi connectivity index (χ4v) is 1.10. The Hall–Kier alpha value is -1.12. The van der Waals surface area contributed by atoms with Gasteiger partial charge in [-0.05, 0) is 26.2 Å². The van der Waals surface area contributed by atoms with E-state index in [1.807, 2.05) is 6.92 Å². The second-order valence-electron chi connectivity index (χ2n) is 3.28. The first-order valence-corrected chi connectivity index (χ1v) is 4.33. The van der Waals surface area contributed by atoms with Crippen molar-refractivity contribution in [2.75, 3.05) is 0 Å². The number of Topliss-reactive ketones (excluding diaryl/α,β-unsaturated/α-hetero) is 1. The summed E-state index contributed by atoms with van der Waals surface area (Å²) in [5, 5.41) is 9.74. The molecule has 0 aliphatic carbocycles. The average molecular weight is 184 g/mol. The van der Waals surface area contributed by atoms with Crippen molar-refractivity contribution in [3.05, 3.63) is 12.2 Å². The van der Waals surface area contributed by atoms with Crippen LogP contribution in [0.3, 0.4) is 0 Å². The topological polar surface area (TPSA) is 51.4 Å². The van der Waals surface area contributed by atoms with Gasteiger partial charge in [0, 0.05) is 6.42 Å². The minimum atomic E-state index is 0.161. The van der Waals surface area contributed by atoms with Crippen LogP contribution in [-0.2, 0) is 9.37 Å². The smallest absolute Gasteiger partial charge is 0.318 e. The van der Waals surface area contributed by atoms with E-state index in [0.717, 1.165) is 12.0 Å². The second kappa shape index (κ2) is 6.40. The molecule has 1 unspecified atom stereocenters. The summed E-state index contributed by atoms with van der Waals surface area (Å²) in [6, 6.07) is 0. The first-order valence-electron chi connectivity index (χ1n) is 4.33. The standard InChI is InChI=1S/C10H16O3/c1-8(2)10(6-7-13-12)5-4-9(3)11/h7,10H,1,4-6H2,2-3H3. The normalized spacial score (nSPS) is 13.1. The lowest BCUT2D eigenvalue weighted by molar-refractivity contribution is -1.04. The quantitative estimate of drug-likeness (QED) is 0.203. The van der Waals surface area contributed by atoms with Gasteiger partial charge in [-0.1, -0.05) is 12.2 Å². The van der Waals surface area contributed by atoms with Crippen LogP contribution in [0.25, 0.3) is 0 Å². The summed E-state index contributed by atoms with van der Waals surface area (Å²) >= 11 is 0. The van der Waals surface area contributed by atoms with E-state index in [1.54, 1.807) is 6.92 Å². The second-order valence-corrected chi connectivity index (χ2v) is 3.28. The molecule has 0 aromatic rings. The first kappa shape index (κ1) is 11.9. The van der Waals surface area contributed by atoms with Crippen LogP contribution in [0.2, 0.25) is 0 Å². The molecular weight excluding hydrogens is 168 g/mol. The monoisotopic (exact) mass is 184 g/mol. The zero-order chi connectivity index (χ0) is 10.3.